The van der Waals surface area contributed by atoms with Crippen LogP contribution in [0.5, 0.6) is 0 Å². The fourth-order valence-corrected chi connectivity index (χ4v) is 2.60. The number of thiocarbonyl (C=S) groups is 1. The molecule has 0 bridgehead atoms. The smallest absolute Gasteiger partial charge is 0.267 e. The molecule has 1 aromatic carbocycles. The van der Waals surface area contributed by atoms with Gasteiger partial charge >= 0.3 is 0 Å². The first-order valence-corrected chi connectivity index (χ1v) is 8.19. The van der Waals surface area contributed by atoms with Gasteiger partial charge < -0.3 is 10.2 Å². The number of nitrogens with zero attached hydrogens (tertiary/aromatic N) is 1. The van der Waals surface area contributed by atoms with E-state index in [0.717, 1.165) is 11.3 Å². The highest BCUT2D eigenvalue weighted by atomic mass is 32.1. The summed E-state index contributed by atoms with van der Waals surface area (Å²) in [4.78, 5) is 25.7. The zero-order valence-corrected chi connectivity index (χ0v) is 14.5. The molecule has 0 radical (unpaired) electrons. The van der Waals surface area contributed by atoms with Crippen molar-refractivity contribution in [3.05, 3.63) is 52.2 Å². The van der Waals surface area contributed by atoms with Gasteiger partial charge in [0.05, 0.1) is 11.3 Å². The highest BCUT2D eigenvalue weighted by molar-refractivity contribution is 7.80. The summed E-state index contributed by atoms with van der Waals surface area (Å²) < 4.78 is 0. The van der Waals surface area contributed by atoms with Crippen LogP contribution in [0.4, 0.5) is 5.69 Å². The lowest BCUT2D eigenvalue weighted by Crippen LogP contribution is -2.33. The van der Waals surface area contributed by atoms with Gasteiger partial charge in [-0.1, -0.05) is 18.2 Å². The summed E-state index contributed by atoms with van der Waals surface area (Å²) in [6, 6.07) is 10.9. The summed E-state index contributed by atoms with van der Waals surface area (Å²) in [7, 11) is 3.46. The Kier molecular flexibility index (Phi) is 5.84. The molecular weight excluding hydrogens is 330 g/mol. The van der Waals surface area contributed by atoms with E-state index in [1.807, 2.05) is 35.7 Å². The number of likely N-dealkylation sites (N-methyl/N-ethyl adjacent to an activating group) is 1. The third-order valence-electron chi connectivity index (χ3n) is 3.04. The van der Waals surface area contributed by atoms with Crippen LogP contribution in [0.2, 0.25) is 0 Å². The first kappa shape index (κ1) is 17.1. The SMILES string of the molecule is CN(C)C(=O)Cc1ccc(NC(=S)NC(=O)c2cccs2)cc1. The first-order valence-electron chi connectivity index (χ1n) is 6.90. The summed E-state index contributed by atoms with van der Waals surface area (Å²) in [5.74, 6) is -0.185. The molecule has 23 heavy (non-hydrogen) atoms. The highest BCUT2D eigenvalue weighted by Crippen LogP contribution is 2.11. The lowest BCUT2D eigenvalue weighted by molar-refractivity contribution is -0.127. The monoisotopic (exact) mass is 347 g/mol. The zero-order chi connectivity index (χ0) is 16.8. The maximum atomic E-state index is 11.9. The van der Waals surface area contributed by atoms with E-state index in [-0.39, 0.29) is 16.9 Å². The average molecular weight is 347 g/mol. The highest BCUT2D eigenvalue weighted by Gasteiger charge is 2.09. The van der Waals surface area contributed by atoms with E-state index >= 15 is 0 Å². The third-order valence-corrected chi connectivity index (χ3v) is 4.11. The second-order valence-electron chi connectivity index (χ2n) is 5.05. The van der Waals surface area contributed by atoms with Crippen LogP contribution < -0.4 is 10.6 Å². The van der Waals surface area contributed by atoms with Crippen LogP contribution in [0.15, 0.2) is 41.8 Å². The van der Waals surface area contributed by atoms with E-state index in [4.69, 9.17) is 12.2 Å². The number of rotatable bonds is 4. The van der Waals surface area contributed by atoms with Gasteiger partial charge in [-0.15, -0.1) is 11.3 Å². The van der Waals surface area contributed by atoms with Crippen molar-refractivity contribution in [2.75, 3.05) is 19.4 Å². The average Bonchev–Trinajstić information content (AvgIpc) is 3.03. The molecule has 2 N–H and O–H groups in total. The molecule has 0 saturated carbocycles. The fourth-order valence-electron chi connectivity index (χ4n) is 1.77. The lowest BCUT2D eigenvalue weighted by Gasteiger charge is -2.11. The molecule has 0 aliphatic carbocycles. The summed E-state index contributed by atoms with van der Waals surface area (Å²) in [6.45, 7) is 0. The van der Waals surface area contributed by atoms with Crippen LogP contribution in [-0.4, -0.2) is 35.9 Å². The third kappa shape index (κ3) is 5.15. The van der Waals surface area contributed by atoms with Crippen molar-refractivity contribution in [3.63, 3.8) is 0 Å². The number of carbonyl (C=O) groups is 2. The molecule has 0 fully saturated rings. The number of hydrogen-bond acceptors (Lipinski definition) is 4. The number of amides is 2. The Morgan fingerprint density at radius 3 is 2.43 bits per heavy atom. The van der Waals surface area contributed by atoms with Gasteiger partial charge in [-0.2, -0.15) is 0 Å². The topological polar surface area (TPSA) is 61.4 Å². The minimum absolute atomic E-state index is 0.0458. The molecule has 7 heteroatoms. The van der Waals surface area contributed by atoms with Gasteiger partial charge in [0.15, 0.2) is 5.11 Å². The summed E-state index contributed by atoms with van der Waals surface area (Å²) in [6.07, 6.45) is 0.354. The molecular formula is C16H17N3O2S2. The molecule has 2 rings (SSSR count). The molecule has 1 heterocycles. The normalized spacial score (nSPS) is 10.0. The second-order valence-corrected chi connectivity index (χ2v) is 6.40. The molecule has 0 saturated heterocycles. The Labute approximate surface area is 144 Å². The Bertz CT molecular complexity index is 695. The lowest BCUT2D eigenvalue weighted by atomic mass is 10.1. The first-order chi connectivity index (χ1) is 11.0. The molecule has 5 nitrogen and oxygen atoms in total. The van der Waals surface area contributed by atoms with Gasteiger partial charge in [-0.25, -0.2) is 0 Å². The molecule has 2 amide bonds. The number of hydrogen-bond donors (Lipinski definition) is 2. The molecule has 1 aromatic heterocycles. The van der Waals surface area contributed by atoms with Crippen LogP contribution in [-0.2, 0) is 11.2 Å². The van der Waals surface area contributed by atoms with E-state index in [1.54, 1.807) is 25.1 Å². The molecule has 120 valence electrons. The molecule has 0 aliphatic rings. The van der Waals surface area contributed by atoms with Gasteiger partial charge in [-0.3, -0.25) is 14.9 Å². The predicted octanol–water partition coefficient (Wildman–Crippen LogP) is 2.51. The van der Waals surface area contributed by atoms with Crippen molar-refractivity contribution in [2.45, 2.75) is 6.42 Å². The van der Waals surface area contributed by atoms with Gasteiger partial charge in [0, 0.05) is 19.8 Å². The zero-order valence-electron chi connectivity index (χ0n) is 12.8. The Balaban J connectivity index is 1.89. The van der Waals surface area contributed by atoms with Crippen molar-refractivity contribution < 1.29 is 9.59 Å². The van der Waals surface area contributed by atoms with Crippen molar-refractivity contribution in [3.8, 4) is 0 Å². The molecule has 0 spiro atoms. The quantitative estimate of drug-likeness (QED) is 0.835. The van der Waals surface area contributed by atoms with Crippen LogP contribution >= 0.6 is 23.6 Å². The Morgan fingerprint density at radius 1 is 1.17 bits per heavy atom. The maximum absolute atomic E-state index is 11.9. The van der Waals surface area contributed by atoms with Crippen LogP contribution in [0.25, 0.3) is 0 Å². The Morgan fingerprint density at radius 2 is 1.87 bits per heavy atom. The fraction of sp³-hybridized carbons (Fsp3) is 0.188. The molecule has 2 aromatic rings. The molecule has 0 unspecified atom stereocenters. The predicted molar refractivity (Wildman–Crippen MR) is 96.8 cm³/mol. The van der Waals surface area contributed by atoms with Crippen molar-refractivity contribution in [1.29, 1.82) is 0 Å². The van der Waals surface area contributed by atoms with Crippen LogP contribution in [0.3, 0.4) is 0 Å². The van der Waals surface area contributed by atoms with Gasteiger partial charge in [0.25, 0.3) is 5.91 Å². The van der Waals surface area contributed by atoms with Crippen molar-refractivity contribution in [1.82, 2.24) is 10.2 Å². The maximum Gasteiger partial charge on any atom is 0.267 e. The van der Waals surface area contributed by atoms with Gasteiger partial charge in [-0.05, 0) is 41.4 Å². The van der Waals surface area contributed by atoms with Crippen molar-refractivity contribution in [2.24, 2.45) is 0 Å². The summed E-state index contributed by atoms with van der Waals surface area (Å²) in [5, 5.41) is 7.64. The minimum atomic E-state index is -0.231. The second kappa shape index (κ2) is 7.85. The molecule has 0 atom stereocenters. The number of nitrogens with one attached hydrogen (secondary N) is 2. The van der Waals surface area contributed by atoms with E-state index in [1.165, 1.54) is 11.3 Å². The number of anilines is 1. The van der Waals surface area contributed by atoms with Gasteiger partial charge in [0.2, 0.25) is 5.91 Å². The Hall–Kier alpha value is -2.25. The van der Waals surface area contributed by atoms with Gasteiger partial charge in [0.1, 0.15) is 0 Å². The van der Waals surface area contributed by atoms with E-state index in [2.05, 4.69) is 10.6 Å². The minimum Gasteiger partial charge on any atom is -0.349 e. The van der Waals surface area contributed by atoms with Crippen molar-refractivity contribution >= 4 is 46.2 Å². The van der Waals surface area contributed by atoms with E-state index in [9.17, 15) is 9.59 Å². The largest absolute Gasteiger partial charge is 0.349 e. The van der Waals surface area contributed by atoms with E-state index < -0.39 is 0 Å². The standard InChI is InChI=1S/C16H17N3O2S2/c1-19(2)14(20)10-11-5-7-12(8-6-11)17-16(22)18-15(21)13-4-3-9-23-13/h3-9H,10H2,1-2H3,(H2,17,18,21,22). The van der Waals surface area contributed by atoms with E-state index in [0.29, 0.717) is 11.3 Å². The van der Waals surface area contributed by atoms with Crippen LogP contribution in [0, 0.1) is 0 Å². The number of benzene rings is 1. The summed E-state index contributed by atoms with van der Waals surface area (Å²) >= 11 is 6.48. The number of carbonyl (C=O) groups excluding carboxylic acids is 2. The van der Waals surface area contributed by atoms with Crippen LogP contribution in [0.1, 0.15) is 15.2 Å². The summed E-state index contributed by atoms with van der Waals surface area (Å²) in [5.41, 5.74) is 1.67. The molecule has 0 aliphatic heterocycles. The number of thiophene rings is 1.